The molecule has 0 saturated heterocycles. The number of benzene rings is 1. The van der Waals surface area contributed by atoms with Gasteiger partial charge >= 0.3 is 5.97 Å². The van der Waals surface area contributed by atoms with E-state index >= 15 is 0 Å². The molecular weight excluding hydrogens is 274 g/mol. The predicted molar refractivity (Wildman–Crippen MR) is 76.3 cm³/mol. The number of fused-ring (bicyclic) bond motifs is 1. The third-order valence-corrected chi connectivity index (χ3v) is 3.41. The first-order valence-corrected chi connectivity index (χ1v) is 6.45. The molecule has 1 amide bonds. The van der Waals surface area contributed by atoms with Gasteiger partial charge in [-0.1, -0.05) is 0 Å². The summed E-state index contributed by atoms with van der Waals surface area (Å²) in [4.78, 5) is 22.7. The number of aliphatic hydroxyl groups is 1. The van der Waals surface area contributed by atoms with Crippen LogP contribution in [0.5, 0.6) is 0 Å². The Morgan fingerprint density at radius 2 is 1.86 bits per heavy atom. The van der Waals surface area contributed by atoms with Gasteiger partial charge in [0, 0.05) is 5.39 Å². The third kappa shape index (κ3) is 3.05. The van der Waals surface area contributed by atoms with Gasteiger partial charge in [-0.15, -0.1) is 0 Å². The van der Waals surface area contributed by atoms with Crippen molar-refractivity contribution in [2.75, 3.05) is 6.54 Å². The second kappa shape index (κ2) is 5.21. The number of amides is 1. The first kappa shape index (κ1) is 15.1. The number of hydrogen-bond donors (Lipinski definition) is 3. The van der Waals surface area contributed by atoms with Gasteiger partial charge in [-0.05, 0) is 50.1 Å². The lowest BCUT2D eigenvalue weighted by atomic mass is 10.1. The number of aliphatic carboxylic acids is 1. The van der Waals surface area contributed by atoms with E-state index in [0.29, 0.717) is 5.58 Å². The lowest BCUT2D eigenvalue weighted by molar-refractivity contribution is -0.155. The zero-order chi connectivity index (χ0) is 15.8. The summed E-state index contributed by atoms with van der Waals surface area (Å²) in [6.07, 6.45) is 0. The van der Waals surface area contributed by atoms with Crippen LogP contribution in [0.4, 0.5) is 0 Å². The molecule has 2 rings (SSSR count). The molecule has 1 unspecified atom stereocenters. The highest BCUT2D eigenvalue weighted by Crippen LogP contribution is 2.23. The second-order valence-corrected chi connectivity index (χ2v) is 5.35. The Kier molecular flexibility index (Phi) is 3.74. The second-order valence-electron chi connectivity index (χ2n) is 5.35. The molecule has 0 radical (unpaired) electrons. The van der Waals surface area contributed by atoms with Gasteiger partial charge in [0.1, 0.15) is 5.58 Å². The molecular formula is C15H17NO5. The van der Waals surface area contributed by atoms with Crippen molar-refractivity contribution in [1.29, 1.82) is 0 Å². The van der Waals surface area contributed by atoms with E-state index in [1.165, 1.54) is 0 Å². The Morgan fingerprint density at radius 3 is 2.48 bits per heavy atom. The van der Waals surface area contributed by atoms with Crippen molar-refractivity contribution in [2.24, 2.45) is 0 Å². The van der Waals surface area contributed by atoms with E-state index in [2.05, 4.69) is 5.32 Å². The van der Waals surface area contributed by atoms with Crippen LogP contribution in [0.25, 0.3) is 11.0 Å². The van der Waals surface area contributed by atoms with E-state index in [1.807, 2.05) is 26.0 Å². The Morgan fingerprint density at radius 1 is 1.24 bits per heavy atom. The van der Waals surface area contributed by atoms with Crippen LogP contribution >= 0.6 is 0 Å². The minimum atomic E-state index is -2.02. The summed E-state index contributed by atoms with van der Waals surface area (Å²) in [7, 11) is 0. The lowest BCUT2D eigenvalue weighted by Gasteiger charge is -2.17. The van der Waals surface area contributed by atoms with Gasteiger partial charge in [-0.2, -0.15) is 0 Å². The van der Waals surface area contributed by atoms with Crippen molar-refractivity contribution >= 4 is 22.8 Å². The quantitative estimate of drug-likeness (QED) is 0.794. The number of hydrogen-bond acceptors (Lipinski definition) is 4. The molecule has 0 aliphatic rings. The molecule has 1 heterocycles. The molecule has 0 bridgehead atoms. The molecule has 1 aromatic heterocycles. The largest absolute Gasteiger partial charge is 0.479 e. The van der Waals surface area contributed by atoms with Crippen LogP contribution in [0.1, 0.15) is 28.6 Å². The van der Waals surface area contributed by atoms with Crippen LogP contribution in [0.3, 0.4) is 0 Å². The maximum Gasteiger partial charge on any atom is 0.337 e. The minimum absolute atomic E-state index is 0.0798. The van der Waals surface area contributed by atoms with Crippen molar-refractivity contribution in [2.45, 2.75) is 26.4 Å². The fraction of sp³-hybridized carbons (Fsp3) is 0.333. The number of rotatable bonds is 4. The van der Waals surface area contributed by atoms with Crippen LogP contribution in [0.15, 0.2) is 22.6 Å². The summed E-state index contributed by atoms with van der Waals surface area (Å²) in [5, 5.41) is 21.5. The molecule has 3 N–H and O–H groups in total. The zero-order valence-electron chi connectivity index (χ0n) is 12.1. The topological polar surface area (TPSA) is 99.8 Å². The smallest absolute Gasteiger partial charge is 0.337 e. The SMILES string of the molecule is Cc1cc2cc(C(=O)NCC(C)(O)C(=O)O)oc2cc1C. The maximum atomic E-state index is 11.9. The average molecular weight is 291 g/mol. The third-order valence-electron chi connectivity index (χ3n) is 3.41. The summed E-state index contributed by atoms with van der Waals surface area (Å²) >= 11 is 0. The van der Waals surface area contributed by atoms with Crippen LogP contribution in [-0.2, 0) is 4.79 Å². The fourth-order valence-electron chi connectivity index (χ4n) is 1.83. The van der Waals surface area contributed by atoms with Crippen molar-refractivity contribution < 1.29 is 24.2 Å². The molecule has 6 heteroatoms. The zero-order valence-corrected chi connectivity index (χ0v) is 12.1. The first-order chi connectivity index (χ1) is 9.70. The number of nitrogens with one attached hydrogen (secondary N) is 1. The summed E-state index contributed by atoms with van der Waals surface area (Å²) in [6.45, 7) is 4.61. The predicted octanol–water partition coefficient (Wildman–Crippen LogP) is 1.62. The highest BCUT2D eigenvalue weighted by Gasteiger charge is 2.30. The Bertz CT molecular complexity index is 675. The van der Waals surface area contributed by atoms with E-state index in [9.17, 15) is 14.7 Å². The van der Waals surface area contributed by atoms with Gasteiger partial charge in [0.05, 0.1) is 6.54 Å². The molecule has 0 aliphatic carbocycles. The standard InChI is InChI=1S/C15H17NO5/c1-8-4-10-6-12(21-11(10)5-9(8)2)13(17)16-7-15(3,20)14(18)19/h4-6,20H,7H2,1-3H3,(H,16,17)(H,18,19). The molecule has 6 nitrogen and oxygen atoms in total. The molecule has 112 valence electrons. The van der Waals surface area contributed by atoms with E-state index < -0.39 is 24.0 Å². The molecule has 1 aromatic carbocycles. The fourth-order valence-corrected chi connectivity index (χ4v) is 1.83. The highest BCUT2D eigenvalue weighted by atomic mass is 16.4. The number of carboxylic acids is 1. The molecule has 0 spiro atoms. The summed E-state index contributed by atoms with van der Waals surface area (Å²) in [5.74, 6) is -1.89. The summed E-state index contributed by atoms with van der Waals surface area (Å²) in [5.41, 5.74) is 0.712. The van der Waals surface area contributed by atoms with Crippen LogP contribution in [0.2, 0.25) is 0 Å². The van der Waals surface area contributed by atoms with Gasteiger partial charge in [0.2, 0.25) is 0 Å². The molecule has 0 aliphatic heterocycles. The number of carbonyl (C=O) groups excluding carboxylic acids is 1. The Balaban J connectivity index is 2.19. The summed E-state index contributed by atoms with van der Waals surface area (Å²) < 4.78 is 5.45. The van der Waals surface area contributed by atoms with Crippen LogP contribution in [0, 0.1) is 13.8 Å². The highest BCUT2D eigenvalue weighted by molar-refractivity contribution is 5.96. The Labute approximate surface area is 121 Å². The van der Waals surface area contributed by atoms with Crippen molar-refractivity contribution in [1.82, 2.24) is 5.32 Å². The van der Waals surface area contributed by atoms with Crippen LogP contribution < -0.4 is 5.32 Å². The number of carboxylic acid groups (broad SMARTS) is 1. The van der Waals surface area contributed by atoms with Gasteiger partial charge in [-0.3, -0.25) is 4.79 Å². The minimum Gasteiger partial charge on any atom is -0.479 e. The Hall–Kier alpha value is -2.34. The van der Waals surface area contributed by atoms with Gasteiger partial charge in [0.25, 0.3) is 5.91 Å². The van der Waals surface area contributed by atoms with Gasteiger partial charge in [-0.25, -0.2) is 4.79 Å². The lowest BCUT2D eigenvalue weighted by Crippen LogP contribution is -2.46. The van der Waals surface area contributed by atoms with Gasteiger partial charge < -0.3 is 19.9 Å². The van der Waals surface area contributed by atoms with Gasteiger partial charge in [0.15, 0.2) is 11.4 Å². The number of furan rings is 1. The normalized spacial score (nSPS) is 13.9. The monoisotopic (exact) mass is 291 g/mol. The van der Waals surface area contributed by atoms with E-state index in [4.69, 9.17) is 9.52 Å². The average Bonchev–Trinajstić information content (AvgIpc) is 2.79. The van der Waals surface area contributed by atoms with E-state index in [0.717, 1.165) is 23.4 Å². The number of carbonyl (C=O) groups is 2. The molecule has 1 atom stereocenters. The van der Waals surface area contributed by atoms with Crippen molar-refractivity contribution in [3.63, 3.8) is 0 Å². The molecule has 21 heavy (non-hydrogen) atoms. The van der Waals surface area contributed by atoms with E-state index in [-0.39, 0.29) is 5.76 Å². The first-order valence-electron chi connectivity index (χ1n) is 6.45. The van der Waals surface area contributed by atoms with Crippen molar-refractivity contribution in [3.8, 4) is 0 Å². The number of aryl methyl sites for hydroxylation is 2. The van der Waals surface area contributed by atoms with Crippen LogP contribution in [-0.4, -0.2) is 34.2 Å². The molecule has 2 aromatic rings. The van der Waals surface area contributed by atoms with Crippen molar-refractivity contribution in [3.05, 3.63) is 35.1 Å². The summed E-state index contributed by atoms with van der Waals surface area (Å²) in [6, 6.07) is 5.35. The van der Waals surface area contributed by atoms with E-state index in [1.54, 1.807) is 6.07 Å². The maximum absolute atomic E-state index is 11.9. The molecule has 0 fully saturated rings. The molecule has 0 saturated carbocycles.